The summed E-state index contributed by atoms with van der Waals surface area (Å²) >= 11 is 0. The zero-order valence-corrected chi connectivity index (χ0v) is 20.8. The Bertz CT molecular complexity index is 807. The van der Waals surface area contributed by atoms with Crippen molar-refractivity contribution < 1.29 is 28.2 Å². The summed E-state index contributed by atoms with van der Waals surface area (Å²) in [6.07, 6.45) is 7.41. The van der Waals surface area contributed by atoms with E-state index in [-0.39, 0.29) is 6.04 Å². The smallest absolute Gasteiger partial charge is 0.416 e. The minimum atomic E-state index is -4.42. The fraction of sp³-hybridized carbons (Fsp3) is 0.679. The predicted molar refractivity (Wildman–Crippen MR) is 131 cm³/mol. The molecule has 0 bridgehead atoms. The Hall–Kier alpha value is -1.86. The van der Waals surface area contributed by atoms with E-state index in [1.165, 1.54) is 63.5 Å². The van der Waals surface area contributed by atoms with Crippen molar-refractivity contribution in [1.29, 1.82) is 0 Å². The number of hydrogen-bond donors (Lipinski definition) is 2. The van der Waals surface area contributed by atoms with Crippen molar-refractivity contribution >= 4 is 5.97 Å². The van der Waals surface area contributed by atoms with E-state index >= 15 is 0 Å². The fourth-order valence-corrected chi connectivity index (χ4v) is 5.84. The lowest BCUT2D eigenvalue weighted by Gasteiger charge is -2.38. The van der Waals surface area contributed by atoms with Crippen molar-refractivity contribution in [1.82, 2.24) is 4.90 Å². The second-order valence-electron chi connectivity index (χ2n) is 10.4. The number of carboxylic acid groups (broad SMARTS) is 1. The van der Waals surface area contributed by atoms with Gasteiger partial charge in [0.15, 0.2) is 0 Å². The van der Waals surface area contributed by atoms with E-state index in [1.54, 1.807) is 13.0 Å². The number of benzene rings is 1. The van der Waals surface area contributed by atoms with Gasteiger partial charge in [0.25, 0.3) is 0 Å². The summed E-state index contributed by atoms with van der Waals surface area (Å²) in [6.45, 7) is 3.56. The van der Waals surface area contributed by atoms with Gasteiger partial charge in [-0.1, -0.05) is 50.8 Å². The third-order valence-electron chi connectivity index (χ3n) is 7.86. The molecule has 2 N–H and O–H groups in total. The first-order valence-electron chi connectivity index (χ1n) is 13.2. The molecule has 0 radical (unpaired) electrons. The molecule has 2 fully saturated rings. The van der Waals surface area contributed by atoms with Crippen LogP contribution in [0, 0.1) is 11.8 Å². The second-order valence-corrected chi connectivity index (χ2v) is 10.4. The van der Waals surface area contributed by atoms with Gasteiger partial charge >= 0.3 is 12.1 Å². The van der Waals surface area contributed by atoms with Crippen molar-refractivity contribution in [2.75, 3.05) is 13.1 Å². The van der Waals surface area contributed by atoms with Crippen LogP contribution in [-0.2, 0) is 11.0 Å². The highest BCUT2D eigenvalue weighted by atomic mass is 19.4. The molecule has 0 heterocycles. The quantitative estimate of drug-likeness (QED) is 0.307. The van der Waals surface area contributed by atoms with Crippen molar-refractivity contribution in [2.24, 2.45) is 11.8 Å². The normalized spacial score (nSPS) is 20.0. The SMILES string of the molecule is CCC(=CCC[C@H]([C@@H](O)c1ccc(C(F)(F)F)cc1)N(CC1CCCC1)CC1CCCC1)C(=O)O. The van der Waals surface area contributed by atoms with Gasteiger partial charge in [0.1, 0.15) is 0 Å². The number of aliphatic carboxylic acids is 1. The Morgan fingerprint density at radius 3 is 1.97 bits per heavy atom. The highest BCUT2D eigenvalue weighted by molar-refractivity contribution is 5.86. The molecule has 0 saturated heterocycles. The first-order valence-corrected chi connectivity index (χ1v) is 13.2. The number of carboxylic acids is 1. The maximum atomic E-state index is 13.1. The van der Waals surface area contributed by atoms with Crippen molar-refractivity contribution in [3.05, 3.63) is 47.0 Å². The zero-order chi connectivity index (χ0) is 25.4. The number of aliphatic hydroxyl groups is 1. The van der Waals surface area contributed by atoms with Gasteiger partial charge in [0.05, 0.1) is 11.7 Å². The molecule has 2 atom stereocenters. The molecule has 35 heavy (non-hydrogen) atoms. The Morgan fingerprint density at radius 1 is 1.03 bits per heavy atom. The Kier molecular flexibility index (Phi) is 10.2. The number of carbonyl (C=O) groups is 1. The molecule has 2 aliphatic carbocycles. The van der Waals surface area contributed by atoms with Gasteiger partial charge in [-0.05, 0) is 74.5 Å². The summed E-state index contributed by atoms with van der Waals surface area (Å²) in [5.74, 6) is 0.208. The maximum Gasteiger partial charge on any atom is 0.416 e. The number of alkyl halides is 3. The summed E-state index contributed by atoms with van der Waals surface area (Å²) in [4.78, 5) is 13.8. The van der Waals surface area contributed by atoms with Crippen molar-refractivity contribution in [2.45, 2.75) is 95.9 Å². The molecule has 0 spiro atoms. The van der Waals surface area contributed by atoms with E-state index in [4.69, 9.17) is 0 Å². The van der Waals surface area contributed by atoms with Gasteiger partial charge in [-0.15, -0.1) is 0 Å². The minimum Gasteiger partial charge on any atom is -0.478 e. The van der Waals surface area contributed by atoms with Crippen LogP contribution in [-0.4, -0.2) is 40.2 Å². The summed E-state index contributed by atoms with van der Waals surface area (Å²) < 4.78 is 39.2. The highest BCUT2D eigenvalue weighted by Gasteiger charge is 2.33. The van der Waals surface area contributed by atoms with Crippen LogP contribution in [0.4, 0.5) is 13.2 Å². The molecule has 2 saturated carbocycles. The average molecular weight is 496 g/mol. The van der Waals surface area contributed by atoms with Crippen LogP contribution in [0.2, 0.25) is 0 Å². The number of hydrogen-bond acceptors (Lipinski definition) is 3. The lowest BCUT2D eigenvalue weighted by molar-refractivity contribution is -0.137. The van der Waals surface area contributed by atoms with Gasteiger partial charge in [-0.2, -0.15) is 13.2 Å². The number of halogens is 3. The van der Waals surface area contributed by atoms with Crippen LogP contribution in [0.1, 0.15) is 94.8 Å². The van der Waals surface area contributed by atoms with Gasteiger partial charge in [-0.3, -0.25) is 4.90 Å². The minimum absolute atomic E-state index is 0.281. The van der Waals surface area contributed by atoms with Gasteiger partial charge in [0.2, 0.25) is 0 Å². The van der Waals surface area contributed by atoms with Gasteiger partial charge in [-0.25, -0.2) is 4.79 Å². The van der Waals surface area contributed by atoms with Crippen LogP contribution < -0.4 is 0 Å². The van der Waals surface area contributed by atoms with Crippen LogP contribution in [0.3, 0.4) is 0 Å². The molecule has 1 aromatic carbocycles. The Labute approximate surface area is 207 Å². The number of aliphatic hydroxyl groups excluding tert-OH is 1. The second kappa shape index (κ2) is 12.9. The van der Waals surface area contributed by atoms with E-state index < -0.39 is 23.8 Å². The summed E-state index contributed by atoms with van der Waals surface area (Å²) in [5.41, 5.74) is 0.102. The molecule has 2 aliphatic rings. The maximum absolute atomic E-state index is 13.1. The summed E-state index contributed by atoms with van der Waals surface area (Å²) in [6, 6.07) is 4.56. The summed E-state index contributed by atoms with van der Waals surface area (Å²) in [7, 11) is 0. The third kappa shape index (κ3) is 8.07. The van der Waals surface area contributed by atoms with Crippen LogP contribution >= 0.6 is 0 Å². The fourth-order valence-electron chi connectivity index (χ4n) is 5.84. The molecule has 0 amide bonds. The van der Waals surface area contributed by atoms with E-state index in [2.05, 4.69) is 4.90 Å². The molecule has 0 aromatic heterocycles. The molecule has 3 rings (SSSR count). The zero-order valence-electron chi connectivity index (χ0n) is 20.8. The topological polar surface area (TPSA) is 60.8 Å². The molecular weight excluding hydrogens is 455 g/mol. The van der Waals surface area contributed by atoms with Crippen LogP contribution in [0.15, 0.2) is 35.9 Å². The Balaban J connectivity index is 1.86. The van der Waals surface area contributed by atoms with E-state index in [0.29, 0.717) is 42.2 Å². The first kappa shape index (κ1) is 27.7. The molecule has 4 nitrogen and oxygen atoms in total. The molecular formula is C28H40F3NO3. The van der Waals surface area contributed by atoms with E-state index in [0.717, 1.165) is 25.2 Å². The molecule has 1 aromatic rings. The third-order valence-corrected chi connectivity index (χ3v) is 7.86. The predicted octanol–water partition coefficient (Wildman–Crippen LogP) is 6.99. The van der Waals surface area contributed by atoms with E-state index in [1.807, 2.05) is 0 Å². The lowest BCUT2D eigenvalue weighted by atomic mass is 9.92. The number of rotatable bonds is 12. The van der Waals surface area contributed by atoms with E-state index in [9.17, 15) is 28.2 Å². The lowest BCUT2D eigenvalue weighted by Crippen LogP contribution is -2.44. The van der Waals surface area contributed by atoms with Crippen LogP contribution in [0.5, 0.6) is 0 Å². The summed E-state index contributed by atoms with van der Waals surface area (Å²) in [5, 5.41) is 20.8. The van der Waals surface area contributed by atoms with Gasteiger partial charge < -0.3 is 10.2 Å². The first-order chi connectivity index (χ1) is 16.7. The monoisotopic (exact) mass is 495 g/mol. The average Bonchev–Trinajstić information content (AvgIpc) is 3.52. The number of allylic oxidation sites excluding steroid dienone is 1. The van der Waals surface area contributed by atoms with Crippen LogP contribution in [0.25, 0.3) is 0 Å². The standard InChI is InChI=1S/C28H40F3NO3/c1-2-22(27(34)35)12-7-13-25(26(33)23-14-16-24(17-15-23)28(29,30)31)32(18-20-8-3-4-9-20)19-21-10-5-6-11-21/h12,14-17,20-21,25-26,33H,2-11,13,18-19H2,1H3,(H,34,35)/t25-,26+/m1/s1. The number of nitrogens with zero attached hydrogens (tertiary/aromatic N) is 1. The van der Waals surface area contributed by atoms with Crippen molar-refractivity contribution in [3.63, 3.8) is 0 Å². The highest BCUT2D eigenvalue weighted by Crippen LogP contribution is 2.35. The molecule has 0 aliphatic heterocycles. The largest absolute Gasteiger partial charge is 0.478 e. The van der Waals surface area contributed by atoms with Crippen molar-refractivity contribution in [3.8, 4) is 0 Å². The molecule has 0 unspecified atom stereocenters. The van der Waals surface area contributed by atoms with Gasteiger partial charge in [0, 0.05) is 24.7 Å². The molecule has 7 heteroatoms. The Morgan fingerprint density at radius 2 is 1.54 bits per heavy atom. The molecule has 196 valence electrons.